The Bertz CT molecular complexity index is 799. The third-order valence-corrected chi connectivity index (χ3v) is 4.27. The molecule has 0 bridgehead atoms. The number of nitrogens with zero attached hydrogens (tertiary/aromatic N) is 2. The average Bonchev–Trinajstić information content (AvgIpc) is 2.38. The van der Waals surface area contributed by atoms with Crippen molar-refractivity contribution in [1.29, 1.82) is 5.26 Å². The second-order valence-electron chi connectivity index (χ2n) is 3.82. The highest BCUT2D eigenvalue weighted by Crippen LogP contribution is 2.24. The zero-order chi connectivity index (χ0) is 14.8. The van der Waals surface area contributed by atoms with Gasteiger partial charge in [-0.25, -0.2) is 13.4 Å². The molecule has 6 nitrogen and oxygen atoms in total. The van der Waals surface area contributed by atoms with Crippen LogP contribution in [0.5, 0.6) is 0 Å². The highest BCUT2D eigenvalue weighted by atomic mass is 79.9. The van der Waals surface area contributed by atoms with E-state index in [0.29, 0.717) is 4.47 Å². The van der Waals surface area contributed by atoms with Crippen molar-refractivity contribution in [1.82, 2.24) is 4.98 Å². The van der Waals surface area contributed by atoms with E-state index < -0.39 is 10.0 Å². The minimum Gasteiger partial charge on any atom is -0.384 e. The molecular weight excluding hydrogens is 344 g/mol. The fraction of sp³-hybridized carbons (Fsp3) is 0. The molecule has 1 aromatic carbocycles. The highest BCUT2D eigenvalue weighted by molar-refractivity contribution is 9.10. The van der Waals surface area contributed by atoms with Crippen LogP contribution in [0.2, 0.25) is 0 Å². The number of nitrogens with two attached hydrogens (primary N) is 1. The first-order valence-electron chi connectivity index (χ1n) is 5.36. The minimum atomic E-state index is -3.83. The summed E-state index contributed by atoms with van der Waals surface area (Å²) in [7, 11) is -3.83. The quantitative estimate of drug-likeness (QED) is 0.878. The van der Waals surface area contributed by atoms with Gasteiger partial charge in [0.15, 0.2) is 0 Å². The van der Waals surface area contributed by atoms with Crippen LogP contribution in [0.1, 0.15) is 5.56 Å². The van der Waals surface area contributed by atoms with E-state index in [1.807, 2.05) is 6.07 Å². The van der Waals surface area contributed by atoms with Gasteiger partial charge in [-0.2, -0.15) is 5.26 Å². The summed E-state index contributed by atoms with van der Waals surface area (Å²) in [6, 6.07) is 9.17. The lowest BCUT2D eigenvalue weighted by molar-refractivity contribution is 0.601. The number of halogens is 1. The highest BCUT2D eigenvalue weighted by Gasteiger charge is 2.16. The van der Waals surface area contributed by atoms with E-state index >= 15 is 0 Å². The zero-order valence-corrected chi connectivity index (χ0v) is 12.4. The van der Waals surface area contributed by atoms with Gasteiger partial charge in [-0.15, -0.1) is 0 Å². The summed E-state index contributed by atoms with van der Waals surface area (Å²) in [4.78, 5) is 3.71. The number of aromatic nitrogens is 1. The van der Waals surface area contributed by atoms with Gasteiger partial charge in [0.1, 0.15) is 11.9 Å². The van der Waals surface area contributed by atoms with Crippen molar-refractivity contribution >= 4 is 37.5 Å². The number of benzene rings is 1. The van der Waals surface area contributed by atoms with Crippen LogP contribution in [-0.4, -0.2) is 13.4 Å². The Morgan fingerprint density at radius 3 is 2.70 bits per heavy atom. The summed E-state index contributed by atoms with van der Waals surface area (Å²) in [6.07, 6.45) is 1.30. The topological polar surface area (TPSA) is 109 Å². The second-order valence-corrected chi connectivity index (χ2v) is 6.42. The van der Waals surface area contributed by atoms with E-state index in [9.17, 15) is 8.42 Å². The summed E-state index contributed by atoms with van der Waals surface area (Å²) < 4.78 is 27.4. The van der Waals surface area contributed by atoms with Crippen molar-refractivity contribution in [3.05, 3.63) is 46.6 Å². The fourth-order valence-corrected chi connectivity index (χ4v) is 2.95. The van der Waals surface area contributed by atoms with Crippen LogP contribution in [-0.2, 0) is 10.0 Å². The minimum absolute atomic E-state index is 0.0196. The molecule has 102 valence electrons. The van der Waals surface area contributed by atoms with E-state index in [-0.39, 0.29) is 22.0 Å². The van der Waals surface area contributed by atoms with Crippen LogP contribution in [0.3, 0.4) is 0 Å². The smallest absolute Gasteiger partial charge is 0.262 e. The van der Waals surface area contributed by atoms with E-state index in [4.69, 9.17) is 11.0 Å². The van der Waals surface area contributed by atoms with Crippen molar-refractivity contribution in [2.45, 2.75) is 4.90 Å². The number of rotatable bonds is 3. The number of nitrogen functional groups attached to an aromatic ring is 1. The molecule has 8 heteroatoms. The molecule has 0 aliphatic rings. The maximum absolute atomic E-state index is 12.2. The lowest BCUT2D eigenvalue weighted by Crippen LogP contribution is -2.14. The summed E-state index contributed by atoms with van der Waals surface area (Å²) in [6.45, 7) is 0. The monoisotopic (exact) mass is 352 g/mol. The van der Waals surface area contributed by atoms with Gasteiger partial charge in [0, 0.05) is 16.7 Å². The Morgan fingerprint density at radius 2 is 2.05 bits per heavy atom. The normalized spacial score (nSPS) is 10.8. The molecule has 0 saturated carbocycles. The molecule has 0 aliphatic heterocycles. The van der Waals surface area contributed by atoms with Gasteiger partial charge in [-0.3, -0.25) is 4.72 Å². The van der Waals surface area contributed by atoms with Crippen molar-refractivity contribution in [3.63, 3.8) is 0 Å². The number of hydrogen-bond acceptors (Lipinski definition) is 5. The summed E-state index contributed by atoms with van der Waals surface area (Å²) in [5.74, 6) is 0.0997. The molecule has 1 heterocycles. The first-order chi connectivity index (χ1) is 9.42. The molecule has 0 amide bonds. The van der Waals surface area contributed by atoms with Crippen molar-refractivity contribution in [2.75, 3.05) is 10.5 Å². The molecule has 2 rings (SSSR count). The molecule has 0 spiro atoms. The van der Waals surface area contributed by atoms with E-state index in [1.54, 1.807) is 6.07 Å². The first kappa shape index (κ1) is 14.3. The Morgan fingerprint density at radius 1 is 1.30 bits per heavy atom. The number of nitrogens with one attached hydrogen (secondary N) is 1. The van der Waals surface area contributed by atoms with Crippen molar-refractivity contribution < 1.29 is 8.42 Å². The Hall–Kier alpha value is -2.11. The lowest BCUT2D eigenvalue weighted by Gasteiger charge is -2.10. The summed E-state index contributed by atoms with van der Waals surface area (Å²) >= 11 is 3.23. The zero-order valence-electron chi connectivity index (χ0n) is 10.0. The molecule has 0 aliphatic carbocycles. The van der Waals surface area contributed by atoms with Gasteiger partial charge in [0.2, 0.25) is 0 Å². The van der Waals surface area contributed by atoms with Gasteiger partial charge >= 0.3 is 0 Å². The van der Waals surface area contributed by atoms with Gasteiger partial charge in [-0.05, 0) is 24.3 Å². The predicted molar refractivity (Wildman–Crippen MR) is 78.3 cm³/mol. The first-order valence-corrected chi connectivity index (χ1v) is 7.64. The third kappa shape index (κ3) is 3.07. The molecular formula is C12H9BrN4O2S. The average molecular weight is 353 g/mol. The summed E-state index contributed by atoms with van der Waals surface area (Å²) in [5.41, 5.74) is 5.88. The molecule has 1 aromatic heterocycles. The number of anilines is 2. The molecule has 0 saturated heterocycles. The third-order valence-electron chi connectivity index (χ3n) is 2.41. The van der Waals surface area contributed by atoms with Crippen LogP contribution in [0, 0.1) is 11.3 Å². The fourth-order valence-electron chi connectivity index (χ4n) is 1.50. The maximum atomic E-state index is 12.2. The summed E-state index contributed by atoms with van der Waals surface area (Å²) in [5, 5.41) is 8.99. The van der Waals surface area contributed by atoms with Crippen LogP contribution >= 0.6 is 15.9 Å². The maximum Gasteiger partial charge on any atom is 0.262 e. The Balaban J connectivity index is 2.44. The molecule has 0 radical (unpaired) electrons. The van der Waals surface area contributed by atoms with Crippen LogP contribution in [0.15, 0.2) is 45.9 Å². The predicted octanol–water partition coefficient (Wildman–Crippen LogP) is 2.10. The molecule has 2 aromatic rings. The number of pyridine rings is 1. The van der Waals surface area contributed by atoms with E-state index in [0.717, 1.165) is 0 Å². The van der Waals surface area contributed by atoms with E-state index in [1.165, 1.54) is 30.5 Å². The molecule has 3 N–H and O–H groups in total. The number of nitriles is 1. The lowest BCUT2D eigenvalue weighted by atomic mass is 10.2. The van der Waals surface area contributed by atoms with Gasteiger partial charge in [0.25, 0.3) is 10.0 Å². The second kappa shape index (κ2) is 5.48. The van der Waals surface area contributed by atoms with Crippen LogP contribution in [0.25, 0.3) is 0 Å². The van der Waals surface area contributed by atoms with Gasteiger partial charge < -0.3 is 5.73 Å². The SMILES string of the molecule is N#Cc1ccc(Br)cc1NS(=O)(=O)c1ccnc(N)c1. The Labute approximate surface area is 124 Å². The van der Waals surface area contributed by atoms with Gasteiger partial charge in [0.05, 0.1) is 16.1 Å². The number of hydrogen-bond donors (Lipinski definition) is 2. The largest absolute Gasteiger partial charge is 0.384 e. The standard InChI is InChI=1S/C12H9BrN4O2S/c13-9-2-1-8(7-14)11(5-9)17-20(18,19)10-3-4-16-12(15)6-10/h1-6,17H,(H2,15,16). The van der Waals surface area contributed by atoms with E-state index in [2.05, 4.69) is 25.6 Å². The Kier molecular flexibility index (Phi) is 3.92. The van der Waals surface area contributed by atoms with Gasteiger partial charge in [-0.1, -0.05) is 15.9 Å². The van der Waals surface area contributed by atoms with Crippen LogP contribution in [0.4, 0.5) is 11.5 Å². The molecule has 0 atom stereocenters. The van der Waals surface area contributed by atoms with Crippen molar-refractivity contribution in [2.24, 2.45) is 0 Å². The molecule has 20 heavy (non-hydrogen) atoms. The molecule has 0 fully saturated rings. The van der Waals surface area contributed by atoms with Crippen LogP contribution < -0.4 is 10.5 Å². The number of sulfonamides is 1. The molecule has 0 unspecified atom stereocenters. The van der Waals surface area contributed by atoms with Crippen molar-refractivity contribution in [3.8, 4) is 6.07 Å².